The van der Waals surface area contributed by atoms with Gasteiger partial charge in [0, 0.05) is 0 Å². The zero-order valence-electron chi connectivity index (χ0n) is 9.84. The number of hydrogen-bond acceptors (Lipinski definition) is 4. The van der Waals surface area contributed by atoms with Crippen LogP contribution in [0.4, 0.5) is 4.39 Å². The molecule has 4 N–H and O–H groups in total. The normalized spacial score (nSPS) is 12.9. The third kappa shape index (κ3) is 3.89. The minimum Gasteiger partial charge on any atom is -0.480 e. The molecule has 7 nitrogen and oxygen atoms in total. The summed E-state index contributed by atoms with van der Waals surface area (Å²) in [7, 11) is -4.50. The predicted molar refractivity (Wildman–Crippen MR) is 67.0 cm³/mol. The molecule has 0 fully saturated rings. The lowest BCUT2D eigenvalue weighted by Gasteiger charge is -2.13. The summed E-state index contributed by atoms with van der Waals surface area (Å²) >= 11 is 5.45. The number of amides is 1. The fourth-order valence-electron chi connectivity index (χ4n) is 1.32. The molecule has 110 valence electrons. The Morgan fingerprint density at radius 3 is 2.55 bits per heavy atom. The molecule has 0 aromatic heterocycles. The largest absolute Gasteiger partial charge is 0.480 e. The molecule has 1 unspecified atom stereocenters. The minimum atomic E-state index is -4.50. The van der Waals surface area contributed by atoms with Crippen molar-refractivity contribution in [3.8, 4) is 0 Å². The number of benzene rings is 1. The minimum absolute atomic E-state index is 0.436. The zero-order chi connectivity index (χ0) is 15.5. The molecule has 0 aliphatic carbocycles. The third-order valence-corrected chi connectivity index (χ3v) is 3.99. The Morgan fingerprint density at radius 2 is 2.05 bits per heavy atom. The number of carboxylic acids is 1. The van der Waals surface area contributed by atoms with Gasteiger partial charge in [-0.2, -0.15) is 4.72 Å². The summed E-state index contributed by atoms with van der Waals surface area (Å²) < 4.78 is 39.1. The standard InChI is InChI=1S/C10H10ClFN2O5S/c11-5-2-1-3-7(9(5)12)20(18,19)14-6(10(16)17)4-8(13)15/h1-3,6,14H,4H2,(H2,13,15)(H,16,17). The molecule has 0 radical (unpaired) electrons. The first-order valence-corrected chi connectivity index (χ1v) is 6.98. The van der Waals surface area contributed by atoms with E-state index in [4.69, 9.17) is 22.4 Å². The monoisotopic (exact) mass is 324 g/mol. The summed E-state index contributed by atoms with van der Waals surface area (Å²) in [5.74, 6) is -3.86. The Kier molecular flexibility index (Phi) is 5.03. The first-order valence-electron chi connectivity index (χ1n) is 5.12. The number of hydrogen-bond donors (Lipinski definition) is 3. The number of aliphatic carboxylic acids is 1. The van der Waals surface area contributed by atoms with Crippen LogP contribution in [0.25, 0.3) is 0 Å². The van der Waals surface area contributed by atoms with Gasteiger partial charge in [0.1, 0.15) is 10.9 Å². The van der Waals surface area contributed by atoms with Crippen LogP contribution in [0.2, 0.25) is 5.02 Å². The van der Waals surface area contributed by atoms with Crippen LogP contribution >= 0.6 is 11.6 Å². The summed E-state index contributed by atoms with van der Waals surface area (Å²) in [6.07, 6.45) is -0.767. The first kappa shape index (κ1) is 16.3. The average molecular weight is 325 g/mol. The number of halogens is 2. The van der Waals surface area contributed by atoms with Gasteiger partial charge in [0.05, 0.1) is 11.4 Å². The van der Waals surface area contributed by atoms with E-state index in [0.717, 1.165) is 12.1 Å². The van der Waals surface area contributed by atoms with Crippen molar-refractivity contribution in [2.75, 3.05) is 0 Å². The molecule has 1 aromatic carbocycles. The highest BCUT2D eigenvalue weighted by molar-refractivity contribution is 7.89. The Morgan fingerprint density at radius 1 is 1.45 bits per heavy atom. The fourth-order valence-corrected chi connectivity index (χ4v) is 2.84. The lowest BCUT2D eigenvalue weighted by atomic mass is 10.2. The first-order chi connectivity index (χ1) is 9.15. The lowest BCUT2D eigenvalue weighted by molar-refractivity contribution is -0.140. The lowest BCUT2D eigenvalue weighted by Crippen LogP contribution is -2.43. The molecule has 0 bridgehead atoms. The molecule has 0 saturated carbocycles. The van der Waals surface area contributed by atoms with E-state index in [1.54, 1.807) is 4.72 Å². The molecule has 20 heavy (non-hydrogen) atoms. The average Bonchev–Trinajstić information content (AvgIpc) is 2.30. The molecule has 1 aromatic rings. The molecule has 0 heterocycles. The highest BCUT2D eigenvalue weighted by Gasteiger charge is 2.29. The molecule has 0 saturated heterocycles. The highest BCUT2D eigenvalue weighted by atomic mass is 35.5. The fraction of sp³-hybridized carbons (Fsp3) is 0.200. The van der Waals surface area contributed by atoms with Gasteiger partial charge in [-0.15, -0.1) is 0 Å². The van der Waals surface area contributed by atoms with E-state index in [0.29, 0.717) is 0 Å². The quantitative estimate of drug-likeness (QED) is 0.683. The Bertz CT molecular complexity index is 649. The van der Waals surface area contributed by atoms with E-state index in [2.05, 4.69) is 0 Å². The molecule has 0 aliphatic rings. The maximum atomic E-state index is 13.6. The van der Waals surface area contributed by atoms with Gasteiger partial charge in [-0.25, -0.2) is 12.8 Å². The summed E-state index contributed by atoms with van der Waals surface area (Å²) in [6, 6.07) is 1.43. The summed E-state index contributed by atoms with van der Waals surface area (Å²) in [5, 5.41) is 8.37. The van der Waals surface area contributed by atoms with Crippen LogP contribution in [-0.2, 0) is 19.6 Å². The van der Waals surface area contributed by atoms with Crippen LogP contribution in [0.3, 0.4) is 0 Å². The van der Waals surface area contributed by atoms with Crippen molar-refractivity contribution in [1.82, 2.24) is 4.72 Å². The molecule has 0 spiro atoms. The van der Waals surface area contributed by atoms with Crippen molar-refractivity contribution in [1.29, 1.82) is 0 Å². The van der Waals surface area contributed by atoms with Gasteiger partial charge < -0.3 is 10.8 Å². The van der Waals surface area contributed by atoms with Crippen molar-refractivity contribution in [3.63, 3.8) is 0 Å². The van der Waals surface area contributed by atoms with Gasteiger partial charge in [-0.1, -0.05) is 17.7 Å². The van der Waals surface area contributed by atoms with Gasteiger partial charge in [0.15, 0.2) is 5.82 Å². The molecule has 1 amide bonds. The van der Waals surface area contributed by atoms with E-state index < -0.39 is 50.1 Å². The van der Waals surface area contributed by atoms with Crippen molar-refractivity contribution in [3.05, 3.63) is 29.0 Å². The number of sulfonamides is 1. The number of rotatable bonds is 6. The molecule has 1 atom stereocenters. The molecular weight excluding hydrogens is 315 g/mol. The highest BCUT2D eigenvalue weighted by Crippen LogP contribution is 2.22. The van der Waals surface area contributed by atoms with Crippen LogP contribution < -0.4 is 10.5 Å². The van der Waals surface area contributed by atoms with Gasteiger partial charge in [0.25, 0.3) is 0 Å². The topological polar surface area (TPSA) is 127 Å². The second-order valence-corrected chi connectivity index (χ2v) is 5.82. The van der Waals surface area contributed by atoms with Gasteiger partial charge >= 0.3 is 5.97 Å². The number of nitrogens with one attached hydrogen (secondary N) is 1. The number of nitrogens with two attached hydrogens (primary N) is 1. The van der Waals surface area contributed by atoms with E-state index in [1.165, 1.54) is 6.07 Å². The smallest absolute Gasteiger partial charge is 0.322 e. The van der Waals surface area contributed by atoms with Crippen LogP contribution in [0.15, 0.2) is 23.1 Å². The SMILES string of the molecule is NC(=O)CC(NS(=O)(=O)c1cccc(Cl)c1F)C(=O)O. The number of primary amides is 1. The van der Waals surface area contributed by atoms with Crippen molar-refractivity contribution < 1.29 is 27.5 Å². The van der Waals surface area contributed by atoms with Crippen molar-refractivity contribution in [2.45, 2.75) is 17.4 Å². The second-order valence-electron chi connectivity index (χ2n) is 3.73. The van der Waals surface area contributed by atoms with Crippen LogP contribution in [0.1, 0.15) is 6.42 Å². The van der Waals surface area contributed by atoms with Crippen LogP contribution in [0, 0.1) is 5.82 Å². The van der Waals surface area contributed by atoms with E-state index in [-0.39, 0.29) is 0 Å². The molecule has 0 aliphatic heterocycles. The number of carboxylic acid groups (broad SMARTS) is 1. The Hall–Kier alpha value is -1.71. The van der Waals surface area contributed by atoms with Crippen LogP contribution in [0.5, 0.6) is 0 Å². The molecular formula is C10H10ClFN2O5S. The third-order valence-electron chi connectivity index (χ3n) is 2.21. The Labute approximate surface area is 118 Å². The maximum absolute atomic E-state index is 13.6. The second kappa shape index (κ2) is 6.16. The number of carbonyl (C=O) groups excluding carboxylic acids is 1. The summed E-state index contributed by atoms with van der Waals surface area (Å²) in [6.45, 7) is 0. The summed E-state index contributed by atoms with van der Waals surface area (Å²) in [4.78, 5) is 20.7. The molecule has 10 heteroatoms. The van der Waals surface area contributed by atoms with Gasteiger partial charge in [-0.3, -0.25) is 9.59 Å². The van der Waals surface area contributed by atoms with E-state index >= 15 is 0 Å². The maximum Gasteiger partial charge on any atom is 0.322 e. The van der Waals surface area contributed by atoms with E-state index in [1.807, 2.05) is 0 Å². The van der Waals surface area contributed by atoms with Crippen molar-refractivity contribution >= 4 is 33.5 Å². The van der Waals surface area contributed by atoms with E-state index in [9.17, 15) is 22.4 Å². The Balaban J connectivity index is 3.13. The van der Waals surface area contributed by atoms with Crippen molar-refractivity contribution in [2.24, 2.45) is 5.73 Å². The summed E-state index contributed by atoms with van der Waals surface area (Å²) in [5.41, 5.74) is 4.81. The zero-order valence-corrected chi connectivity index (χ0v) is 11.4. The molecule has 1 rings (SSSR count). The predicted octanol–water partition coefficient (Wildman–Crippen LogP) is 0.0860. The number of carbonyl (C=O) groups is 2. The van der Waals surface area contributed by atoms with Crippen LogP contribution in [-0.4, -0.2) is 31.4 Å². The van der Waals surface area contributed by atoms with Gasteiger partial charge in [0.2, 0.25) is 15.9 Å². The van der Waals surface area contributed by atoms with Gasteiger partial charge in [-0.05, 0) is 12.1 Å².